The first-order chi connectivity index (χ1) is 10.5. The SMILES string of the molecule is CN1c2ccccc2C(C)(C)C12C=Cc1cccc(N)c1O2. The second-order valence-electron chi connectivity index (χ2n) is 6.60. The van der Waals surface area contributed by atoms with Gasteiger partial charge in [-0.3, -0.25) is 0 Å². The Bertz CT molecular complexity index is 794. The van der Waals surface area contributed by atoms with Crippen LogP contribution in [-0.2, 0) is 5.41 Å². The minimum absolute atomic E-state index is 0.186. The lowest BCUT2D eigenvalue weighted by atomic mass is 9.76. The third-order valence-corrected chi connectivity index (χ3v) is 5.15. The maximum Gasteiger partial charge on any atom is 0.211 e. The van der Waals surface area contributed by atoms with Crippen LogP contribution in [0.1, 0.15) is 25.0 Å². The van der Waals surface area contributed by atoms with Crippen molar-refractivity contribution in [1.82, 2.24) is 0 Å². The number of fused-ring (bicyclic) bond motifs is 2. The Morgan fingerprint density at radius 2 is 1.82 bits per heavy atom. The van der Waals surface area contributed by atoms with Gasteiger partial charge in [0.15, 0.2) is 5.75 Å². The lowest BCUT2D eigenvalue weighted by Gasteiger charge is -2.46. The smallest absolute Gasteiger partial charge is 0.211 e. The Morgan fingerprint density at radius 3 is 2.59 bits per heavy atom. The number of anilines is 2. The van der Waals surface area contributed by atoms with Gasteiger partial charge in [-0.1, -0.05) is 30.3 Å². The molecule has 0 aromatic heterocycles. The summed E-state index contributed by atoms with van der Waals surface area (Å²) in [5.74, 6) is 0.776. The average molecular weight is 292 g/mol. The van der Waals surface area contributed by atoms with Crippen molar-refractivity contribution in [2.45, 2.75) is 25.0 Å². The quantitative estimate of drug-likeness (QED) is 0.751. The number of nitrogens with two attached hydrogens (primary N) is 1. The summed E-state index contributed by atoms with van der Waals surface area (Å²) in [5.41, 5.74) is 9.62. The van der Waals surface area contributed by atoms with E-state index in [1.807, 2.05) is 18.2 Å². The van der Waals surface area contributed by atoms with Gasteiger partial charge in [0.25, 0.3) is 0 Å². The molecule has 3 nitrogen and oxygen atoms in total. The number of rotatable bonds is 0. The molecule has 1 spiro atoms. The molecule has 0 saturated carbocycles. The van der Waals surface area contributed by atoms with E-state index in [9.17, 15) is 0 Å². The van der Waals surface area contributed by atoms with Crippen molar-refractivity contribution in [3.05, 3.63) is 59.7 Å². The molecule has 0 bridgehead atoms. The van der Waals surface area contributed by atoms with Crippen LogP contribution in [-0.4, -0.2) is 12.8 Å². The Labute approximate surface area is 131 Å². The van der Waals surface area contributed by atoms with Crippen LogP contribution in [0.4, 0.5) is 11.4 Å². The molecule has 0 amide bonds. The van der Waals surface area contributed by atoms with Crippen molar-refractivity contribution < 1.29 is 4.74 Å². The molecule has 3 heteroatoms. The predicted octanol–water partition coefficient (Wildman–Crippen LogP) is 3.80. The molecular weight excluding hydrogens is 272 g/mol. The van der Waals surface area contributed by atoms with Crippen LogP contribution < -0.4 is 15.4 Å². The second kappa shape index (κ2) is 4.07. The number of nitrogens with zero attached hydrogens (tertiary/aromatic N) is 1. The molecule has 4 rings (SSSR count). The van der Waals surface area contributed by atoms with Gasteiger partial charge in [0.1, 0.15) is 0 Å². The zero-order valence-corrected chi connectivity index (χ0v) is 13.1. The zero-order valence-electron chi connectivity index (χ0n) is 13.1. The van der Waals surface area contributed by atoms with Gasteiger partial charge < -0.3 is 15.4 Å². The molecule has 2 N–H and O–H groups in total. The monoisotopic (exact) mass is 292 g/mol. The summed E-state index contributed by atoms with van der Waals surface area (Å²) in [4.78, 5) is 2.22. The highest BCUT2D eigenvalue weighted by molar-refractivity contribution is 5.75. The molecule has 2 heterocycles. The first kappa shape index (κ1) is 13.3. The van der Waals surface area contributed by atoms with E-state index < -0.39 is 5.72 Å². The van der Waals surface area contributed by atoms with Crippen molar-refractivity contribution in [3.8, 4) is 5.75 Å². The van der Waals surface area contributed by atoms with Crippen LogP contribution in [0.15, 0.2) is 48.5 Å². The zero-order chi connectivity index (χ0) is 15.5. The minimum Gasteiger partial charge on any atom is -0.461 e. The molecule has 0 saturated heterocycles. The highest BCUT2D eigenvalue weighted by Gasteiger charge is 2.57. The van der Waals surface area contributed by atoms with Crippen LogP contribution in [0.2, 0.25) is 0 Å². The minimum atomic E-state index is -0.556. The van der Waals surface area contributed by atoms with E-state index in [2.05, 4.69) is 62.2 Å². The highest BCUT2D eigenvalue weighted by atomic mass is 16.5. The van der Waals surface area contributed by atoms with E-state index in [0.29, 0.717) is 5.69 Å². The van der Waals surface area contributed by atoms with E-state index in [1.54, 1.807) is 0 Å². The maximum absolute atomic E-state index is 6.54. The number of hydrogen-bond donors (Lipinski definition) is 1. The summed E-state index contributed by atoms with van der Waals surface area (Å²) in [5, 5.41) is 0. The van der Waals surface area contributed by atoms with Crippen molar-refractivity contribution >= 4 is 17.5 Å². The standard InChI is InChI=1S/C19H20N2O/c1-18(2)14-8-4-5-10-16(14)21(3)19(18)12-11-13-7-6-9-15(20)17(13)22-19/h4-12H,20H2,1-3H3. The molecule has 22 heavy (non-hydrogen) atoms. The van der Waals surface area contributed by atoms with Crippen molar-refractivity contribution in [2.24, 2.45) is 0 Å². The van der Waals surface area contributed by atoms with Gasteiger partial charge in [-0.15, -0.1) is 0 Å². The molecule has 0 fully saturated rings. The number of para-hydroxylation sites is 2. The Morgan fingerprint density at radius 1 is 1.05 bits per heavy atom. The highest BCUT2D eigenvalue weighted by Crippen LogP contribution is 2.54. The summed E-state index contributed by atoms with van der Waals surface area (Å²) in [6.45, 7) is 4.45. The number of benzene rings is 2. The Kier molecular flexibility index (Phi) is 2.45. The maximum atomic E-state index is 6.54. The number of ether oxygens (including phenoxy) is 1. The third-order valence-electron chi connectivity index (χ3n) is 5.15. The first-order valence-electron chi connectivity index (χ1n) is 7.57. The van der Waals surface area contributed by atoms with Crippen LogP contribution >= 0.6 is 0 Å². The number of likely N-dealkylation sites (N-methyl/N-ethyl adjacent to an activating group) is 1. The average Bonchev–Trinajstić information content (AvgIpc) is 2.68. The van der Waals surface area contributed by atoms with Gasteiger partial charge in [0.2, 0.25) is 5.72 Å². The summed E-state index contributed by atoms with van der Waals surface area (Å²) >= 11 is 0. The van der Waals surface area contributed by atoms with Crippen LogP contribution in [0.25, 0.3) is 6.08 Å². The Hall–Kier alpha value is -2.42. The molecule has 1 atom stereocenters. The lowest BCUT2D eigenvalue weighted by Crippen LogP contribution is -2.58. The molecule has 0 radical (unpaired) electrons. The van der Waals surface area contributed by atoms with E-state index in [4.69, 9.17) is 10.5 Å². The molecule has 0 aliphatic carbocycles. The third kappa shape index (κ3) is 1.41. The molecular formula is C19H20N2O. The van der Waals surface area contributed by atoms with E-state index in [1.165, 1.54) is 11.3 Å². The van der Waals surface area contributed by atoms with Gasteiger partial charge in [0, 0.05) is 18.3 Å². The normalized spacial score (nSPS) is 24.0. The summed E-state index contributed by atoms with van der Waals surface area (Å²) in [7, 11) is 2.09. The van der Waals surface area contributed by atoms with Gasteiger partial charge in [-0.25, -0.2) is 0 Å². The van der Waals surface area contributed by atoms with Crippen molar-refractivity contribution in [2.75, 3.05) is 17.7 Å². The number of nitrogen functional groups attached to an aromatic ring is 1. The predicted molar refractivity (Wildman–Crippen MR) is 91.1 cm³/mol. The fourth-order valence-corrected chi connectivity index (χ4v) is 3.82. The van der Waals surface area contributed by atoms with E-state index >= 15 is 0 Å². The summed E-state index contributed by atoms with van der Waals surface area (Å²) < 4.78 is 6.54. The van der Waals surface area contributed by atoms with Gasteiger partial charge >= 0.3 is 0 Å². The van der Waals surface area contributed by atoms with Crippen molar-refractivity contribution in [1.29, 1.82) is 0 Å². The van der Waals surface area contributed by atoms with Gasteiger partial charge in [0.05, 0.1) is 11.1 Å². The molecule has 2 aliphatic rings. The van der Waals surface area contributed by atoms with Gasteiger partial charge in [-0.2, -0.15) is 0 Å². The van der Waals surface area contributed by atoms with Crippen LogP contribution in [0.5, 0.6) is 5.75 Å². The lowest BCUT2D eigenvalue weighted by molar-refractivity contribution is 0.0590. The fraction of sp³-hybridized carbons (Fsp3) is 0.263. The molecule has 2 aromatic rings. The molecule has 2 aromatic carbocycles. The largest absolute Gasteiger partial charge is 0.461 e. The molecule has 2 aliphatic heterocycles. The van der Waals surface area contributed by atoms with Crippen LogP contribution in [0, 0.1) is 0 Å². The van der Waals surface area contributed by atoms with Crippen LogP contribution in [0.3, 0.4) is 0 Å². The second-order valence-corrected chi connectivity index (χ2v) is 6.60. The number of hydrogen-bond acceptors (Lipinski definition) is 3. The topological polar surface area (TPSA) is 38.5 Å². The van der Waals surface area contributed by atoms with E-state index in [0.717, 1.165) is 11.3 Å². The Balaban J connectivity index is 1.93. The molecule has 112 valence electrons. The van der Waals surface area contributed by atoms with Gasteiger partial charge in [-0.05, 0) is 43.7 Å². The summed E-state index contributed by atoms with van der Waals surface area (Å²) in [6.07, 6.45) is 4.29. The fourth-order valence-electron chi connectivity index (χ4n) is 3.82. The summed E-state index contributed by atoms with van der Waals surface area (Å²) in [6, 6.07) is 14.4. The molecule has 1 unspecified atom stereocenters. The van der Waals surface area contributed by atoms with Crippen molar-refractivity contribution in [3.63, 3.8) is 0 Å². The first-order valence-corrected chi connectivity index (χ1v) is 7.57. The van der Waals surface area contributed by atoms with E-state index in [-0.39, 0.29) is 5.41 Å².